The minimum absolute atomic E-state index is 0.0797. The molecular weight excluding hydrogens is 362 g/mol. The summed E-state index contributed by atoms with van der Waals surface area (Å²) in [5.41, 5.74) is 1.13. The first kappa shape index (κ1) is 18.1. The van der Waals surface area contributed by atoms with Gasteiger partial charge in [-0.05, 0) is 37.1 Å². The van der Waals surface area contributed by atoms with Crippen LogP contribution in [0.2, 0.25) is 0 Å². The van der Waals surface area contributed by atoms with E-state index in [1.165, 1.54) is 47.4 Å². The molecule has 2 aromatic carbocycles. The quantitative estimate of drug-likeness (QED) is 0.632. The molecule has 2 heterocycles. The van der Waals surface area contributed by atoms with Crippen molar-refractivity contribution >= 4 is 23.6 Å². The van der Waals surface area contributed by atoms with Gasteiger partial charge in [-0.15, -0.1) is 0 Å². The third kappa shape index (κ3) is 3.10. The Morgan fingerprint density at radius 1 is 0.964 bits per heavy atom. The van der Waals surface area contributed by atoms with Gasteiger partial charge in [0.1, 0.15) is 0 Å². The zero-order chi connectivity index (χ0) is 19.8. The largest absolute Gasteiger partial charge is 0.478 e. The zero-order valence-electron chi connectivity index (χ0n) is 14.9. The molecular formula is C21H17NO6. The average Bonchev–Trinajstić information content (AvgIpc) is 3.30. The highest BCUT2D eigenvalue weighted by Gasteiger charge is 2.38. The Balaban J connectivity index is 1.58. The number of rotatable bonds is 5. The van der Waals surface area contributed by atoms with Crippen molar-refractivity contribution in [3.05, 3.63) is 70.3 Å². The van der Waals surface area contributed by atoms with E-state index in [-0.39, 0.29) is 46.6 Å². The van der Waals surface area contributed by atoms with Crippen molar-refractivity contribution in [1.82, 2.24) is 4.90 Å². The molecule has 0 saturated carbocycles. The van der Waals surface area contributed by atoms with Crippen LogP contribution < -0.4 is 0 Å². The van der Waals surface area contributed by atoms with Gasteiger partial charge in [-0.1, -0.05) is 18.2 Å². The lowest BCUT2D eigenvalue weighted by Crippen LogP contribution is -2.36. The fourth-order valence-electron chi connectivity index (χ4n) is 3.52. The highest BCUT2D eigenvalue weighted by atomic mass is 16.5. The van der Waals surface area contributed by atoms with Crippen LogP contribution in [0.4, 0.5) is 0 Å². The second kappa shape index (κ2) is 7.01. The first-order valence-corrected chi connectivity index (χ1v) is 8.95. The van der Waals surface area contributed by atoms with Gasteiger partial charge in [0.25, 0.3) is 11.8 Å². The normalized spacial score (nSPS) is 18.4. The lowest BCUT2D eigenvalue weighted by Gasteiger charge is -2.17. The molecule has 0 aliphatic carbocycles. The Kier molecular flexibility index (Phi) is 4.52. The van der Waals surface area contributed by atoms with Gasteiger partial charge in [0.15, 0.2) is 5.78 Å². The van der Waals surface area contributed by atoms with E-state index >= 15 is 0 Å². The Bertz CT molecular complexity index is 988. The Morgan fingerprint density at radius 3 is 2.25 bits per heavy atom. The molecule has 4 rings (SSSR count). The smallest absolute Gasteiger partial charge is 0.335 e. The Hall–Kier alpha value is -3.32. The molecule has 7 heteroatoms. The summed E-state index contributed by atoms with van der Waals surface area (Å²) < 4.78 is 5.51. The van der Waals surface area contributed by atoms with Crippen molar-refractivity contribution in [2.75, 3.05) is 13.2 Å². The molecule has 1 saturated heterocycles. The number of fused-ring (bicyclic) bond motifs is 1. The number of ketones is 1. The molecule has 2 aliphatic heterocycles. The molecule has 0 aromatic heterocycles. The van der Waals surface area contributed by atoms with E-state index in [9.17, 15) is 19.2 Å². The number of hydrogen-bond donors (Lipinski definition) is 1. The van der Waals surface area contributed by atoms with Gasteiger partial charge in [0, 0.05) is 17.7 Å². The molecule has 7 nitrogen and oxygen atoms in total. The molecule has 0 spiro atoms. The summed E-state index contributed by atoms with van der Waals surface area (Å²) >= 11 is 0. The maximum atomic E-state index is 12.7. The van der Waals surface area contributed by atoms with E-state index in [1.807, 2.05) is 0 Å². The molecule has 142 valence electrons. The van der Waals surface area contributed by atoms with E-state index in [0.717, 1.165) is 12.8 Å². The van der Waals surface area contributed by atoms with Gasteiger partial charge in [-0.2, -0.15) is 0 Å². The third-order valence-electron chi connectivity index (χ3n) is 5.04. The number of nitrogens with zero attached hydrogens (tertiary/aromatic N) is 1. The highest BCUT2D eigenvalue weighted by molar-refractivity contribution is 6.22. The van der Waals surface area contributed by atoms with Crippen LogP contribution in [0.15, 0.2) is 42.5 Å². The van der Waals surface area contributed by atoms with Crippen LogP contribution in [0.3, 0.4) is 0 Å². The van der Waals surface area contributed by atoms with Crippen LogP contribution in [-0.4, -0.2) is 52.8 Å². The maximum Gasteiger partial charge on any atom is 0.335 e. The zero-order valence-corrected chi connectivity index (χ0v) is 14.9. The van der Waals surface area contributed by atoms with Crippen molar-refractivity contribution in [1.29, 1.82) is 0 Å². The predicted octanol–water partition coefficient (Wildman–Crippen LogP) is 2.39. The molecule has 1 N–H and O–H groups in total. The van der Waals surface area contributed by atoms with Gasteiger partial charge in [0.2, 0.25) is 0 Å². The van der Waals surface area contributed by atoms with Crippen molar-refractivity contribution in [3.8, 4) is 0 Å². The molecule has 0 unspecified atom stereocenters. The van der Waals surface area contributed by atoms with Crippen LogP contribution in [0.25, 0.3) is 0 Å². The van der Waals surface area contributed by atoms with Gasteiger partial charge in [0.05, 0.1) is 29.3 Å². The summed E-state index contributed by atoms with van der Waals surface area (Å²) in [4.78, 5) is 50.1. The Morgan fingerprint density at radius 2 is 1.61 bits per heavy atom. The minimum Gasteiger partial charge on any atom is -0.478 e. The average molecular weight is 379 g/mol. The van der Waals surface area contributed by atoms with Crippen molar-refractivity contribution in [2.24, 2.45) is 0 Å². The maximum absolute atomic E-state index is 12.7. The number of benzene rings is 2. The Labute approximate surface area is 160 Å². The number of carboxylic acids is 1. The van der Waals surface area contributed by atoms with E-state index in [1.54, 1.807) is 0 Å². The monoisotopic (exact) mass is 379 g/mol. The number of carbonyl (C=O) groups excluding carboxylic acids is 3. The van der Waals surface area contributed by atoms with E-state index in [2.05, 4.69) is 0 Å². The topological polar surface area (TPSA) is 101 Å². The van der Waals surface area contributed by atoms with Crippen LogP contribution >= 0.6 is 0 Å². The second-order valence-corrected chi connectivity index (χ2v) is 6.83. The standard InChI is InChI=1S/C21H17NO6/c23-18(12-3-5-13(6-4-12)21(26)27)14-7-8-16-17(10-14)20(25)22(19(16)24)11-15-2-1-9-28-15/h3-8,10,15H,1-2,9,11H2,(H,26,27)/t15-/m0/s1. The fraction of sp³-hybridized carbons (Fsp3) is 0.238. The number of imide groups is 1. The number of carbonyl (C=O) groups is 4. The fourth-order valence-corrected chi connectivity index (χ4v) is 3.52. The molecule has 1 atom stereocenters. The van der Waals surface area contributed by atoms with Crippen LogP contribution in [-0.2, 0) is 4.74 Å². The van der Waals surface area contributed by atoms with Gasteiger partial charge in [-0.3, -0.25) is 19.3 Å². The molecule has 2 amide bonds. The number of amides is 2. The molecule has 2 aliphatic rings. The van der Waals surface area contributed by atoms with Crippen molar-refractivity contribution in [3.63, 3.8) is 0 Å². The van der Waals surface area contributed by atoms with Crippen LogP contribution in [0, 0.1) is 0 Å². The van der Waals surface area contributed by atoms with E-state index < -0.39 is 11.9 Å². The number of carboxylic acid groups (broad SMARTS) is 1. The first-order valence-electron chi connectivity index (χ1n) is 8.95. The molecule has 28 heavy (non-hydrogen) atoms. The lowest BCUT2D eigenvalue weighted by molar-refractivity contribution is 0.0475. The molecule has 0 radical (unpaired) electrons. The predicted molar refractivity (Wildman–Crippen MR) is 97.6 cm³/mol. The SMILES string of the molecule is O=C(O)c1ccc(C(=O)c2ccc3c(c2)C(=O)N(C[C@@H]2CCCO2)C3=O)cc1. The van der Waals surface area contributed by atoms with Crippen molar-refractivity contribution < 1.29 is 29.0 Å². The number of ether oxygens (including phenoxy) is 1. The molecule has 0 bridgehead atoms. The number of hydrogen-bond acceptors (Lipinski definition) is 5. The van der Waals surface area contributed by atoms with Gasteiger partial charge >= 0.3 is 5.97 Å². The van der Waals surface area contributed by atoms with Crippen molar-refractivity contribution in [2.45, 2.75) is 18.9 Å². The highest BCUT2D eigenvalue weighted by Crippen LogP contribution is 2.27. The second-order valence-electron chi connectivity index (χ2n) is 6.83. The van der Waals surface area contributed by atoms with Gasteiger partial charge < -0.3 is 9.84 Å². The van der Waals surface area contributed by atoms with E-state index in [0.29, 0.717) is 12.2 Å². The summed E-state index contributed by atoms with van der Waals surface area (Å²) in [5, 5.41) is 8.95. The van der Waals surface area contributed by atoms with Gasteiger partial charge in [-0.25, -0.2) is 4.79 Å². The van der Waals surface area contributed by atoms with Crippen LogP contribution in [0.5, 0.6) is 0 Å². The number of aromatic carboxylic acids is 1. The summed E-state index contributed by atoms with van der Waals surface area (Å²) in [6.07, 6.45) is 1.58. The molecule has 2 aromatic rings. The van der Waals surface area contributed by atoms with Crippen LogP contribution in [0.1, 0.15) is 59.8 Å². The first-order chi connectivity index (χ1) is 13.5. The molecule has 1 fully saturated rings. The summed E-state index contributed by atoms with van der Waals surface area (Å²) in [6, 6.07) is 9.98. The minimum atomic E-state index is -1.08. The summed E-state index contributed by atoms with van der Waals surface area (Å²) in [5.74, 6) is -2.23. The summed E-state index contributed by atoms with van der Waals surface area (Å²) in [6.45, 7) is 0.847. The lowest BCUT2D eigenvalue weighted by atomic mass is 9.98. The van der Waals surface area contributed by atoms with E-state index in [4.69, 9.17) is 9.84 Å². The summed E-state index contributed by atoms with van der Waals surface area (Å²) in [7, 11) is 0. The third-order valence-corrected chi connectivity index (χ3v) is 5.04.